The van der Waals surface area contributed by atoms with Crippen LogP contribution in [0.5, 0.6) is 0 Å². The van der Waals surface area contributed by atoms with Crippen molar-refractivity contribution in [3.05, 3.63) is 40.4 Å². The van der Waals surface area contributed by atoms with Gasteiger partial charge in [-0.05, 0) is 31.2 Å². The summed E-state index contributed by atoms with van der Waals surface area (Å²) >= 11 is 0. The maximum Gasteiger partial charge on any atom is 0.270 e. The zero-order valence-electron chi connectivity index (χ0n) is 11.2. The van der Waals surface area contributed by atoms with Gasteiger partial charge < -0.3 is 10.2 Å². The molecule has 3 rings (SSSR count). The highest BCUT2D eigenvalue weighted by Crippen LogP contribution is 2.23. The smallest absolute Gasteiger partial charge is 0.270 e. The first kappa shape index (κ1) is 12.8. The molecule has 1 fully saturated rings. The van der Waals surface area contributed by atoms with E-state index in [2.05, 4.69) is 15.2 Å². The molecule has 0 bridgehead atoms. The second-order valence-corrected chi connectivity index (χ2v) is 5.06. The van der Waals surface area contributed by atoms with E-state index in [4.69, 9.17) is 0 Å². The van der Waals surface area contributed by atoms with Crippen LogP contribution in [-0.4, -0.2) is 36.1 Å². The zero-order chi connectivity index (χ0) is 14.1. The second-order valence-electron chi connectivity index (χ2n) is 5.06. The number of fused-ring (bicyclic) bond motifs is 1. The standard InChI is InChI=1S/C14H16N4O2/c1-17(12-6-7-15-9-12)14-5-2-10-8-11(18(19)20)3-4-13(10)16-14/h2-5,8,12,15H,6-7,9H2,1H3. The normalized spacial score (nSPS) is 18.4. The SMILES string of the molecule is CN(c1ccc2cc([N+](=O)[O-])ccc2n1)C1CCNC1. The van der Waals surface area contributed by atoms with Crippen LogP contribution < -0.4 is 10.2 Å². The summed E-state index contributed by atoms with van der Waals surface area (Å²) in [6.45, 7) is 2.01. The Bertz CT molecular complexity index is 653. The monoisotopic (exact) mass is 272 g/mol. The lowest BCUT2D eigenvalue weighted by Gasteiger charge is -2.25. The van der Waals surface area contributed by atoms with Crippen LogP contribution in [0.1, 0.15) is 6.42 Å². The molecule has 1 aliphatic heterocycles. The first-order valence-corrected chi connectivity index (χ1v) is 6.64. The number of nitro groups is 1. The summed E-state index contributed by atoms with van der Waals surface area (Å²) < 4.78 is 0. The van der Waals surface area contributed by atoms with Crippen LogP contribution in [0.25, 0.3) is 10.9 Å². The van der Waals surface area contributed by atoms with Crippen molar-refractivity contribution in [2.75, 3.05) is 25.0 Å². The van der Waals surface area contributed by atoms with Crippen molar-refractivity contribution in [1.29, 1.82) is 0 Å². The molecule has 1 N–H and O–H groups in total. The third-order valence-corrected chi connectivity index (χ3v) is 3.81. The third-order valence-electron chi connectivity index (χ3n) is 3.81. The maximum atomic E-state index is 10.8. The molecule has 1 atom stereocenters. The molecular formula is C14H16N4O2. The number of likely N-dealkylation sites (N-methyl/N-ethyl adjacent to an activating group) is 1. The Morgan fingerprint density at radius 2 is 2.25 bits per heavy atom. The second kappa shape index (κ2) is 5.05. The highest BCUT2D eigenvalue weighted by Gasteiger charge is 2.20. The minimum atomic E-state index is -0.385. The van der Waals surface area contributed by atoms with E-state index in [9.17, 15) is 10.1 Å². The van der Waals surface area contributed by atoms with Gasteiger partial charge in [0, 0.05) is 37.2 Å². The van der Waals surface area contributed by atoms with Crippen molar-refractivity contribution in [3.63, 3.8) is 0 Å². The van der Waals surface area contributed by atoms with Gasteiger partial charge in [0.15, 0.2) is 0 Å². The van der Waals surface area contributed by atoms with E-state index in [0.717, 1.165) is 36.2 Å². The van der Waals surface area contributed by atoms with Gasteiger partial charge in [0.2, 0.25) is 0 Å². The van der Waals surface area contributed by atoms with E-state index in [1.807, 2.05) is 19.2 Å². The summed E-state index contributed by atoms with van der Waals surface area (Å²) in [5, 5.41) is 14.9. The molecule has 0 amide bonds. The molecule has 1 aromatic heterocycles. The number of hydrogen-bond donors (Lipinski definition) is 1. The highest BCUT2D eigenvalue weighted by molar-refractivity contribution is 5.82. The molecular weight excluding hydrogens is 256 g/mol. The molecule has 2 heterocycles. The predicted molar refractivity (Wildman–Crippen MR) is 78.1 cm³/mol. The van der Waals surface area contributed by atoms with Crippen LogP contribution in [0.2, 0.25) is 0 Å². The lowest BCUT2D eigenvalue weighted by Crippen LogP contribution is -2.33. The molecule has 0 saturated carbocycles. The Kier molecular flexibility index (Phi) is 3.23. The van der Waals surface area contributed by atoms with Crippen LogP contribution in [0, 0.1) is 10.1 Å². The van der Waals surface area contributed by atoms with Crippen molar-refractivity contribution in [1.82, 2.24) is 10.3 Å². The fraction of sp³-hybridized carbons (Fsp3) is 0.357. The van der Waals surface area contributed by atoms with Gasteiger partial charge in [-0.3, -0.25) is 10.1 Å². The molecule has 1 saturated heterocycles. The first-order chi connectivity index (χ1) is 9.65. The molecule has 0 aliphatic carbocycles. The number of nitrogens with one attached hydrogen (secondary N) is 1. The molecule has 6 nitrogen and oxygen atoms in total. The molecule has 0 radical (unpaired) electrons. The average Bonchev–Trinajstić information content (AvgIpc) is 2.99. The number of anilines is 1. The highest BCUT2D eigenvalue weighted by atomic mass is 16.6. The van der Waals surface area contributed by atoms with E-state index >= 15 is 0 Å². The van der Waals surface area contributed by atoms with Crippen molar-refractivity contribution < 1.29 is 4.92 Å². The van der Waals surface area contributed by atoms with Gasteiger partial charge in [-0.1, -0.05) is 0 Å². The van der Waals surface area contributed by atoms with Crippen LogP contribution in [-0.2, 0) is 0 Å². The van der Waals surface area contributed by atoms with Gasteiger partial charge in [0.25, 0.3) is 5.69 Å². The Hall–Kier alpha value is -2.21. The topological polar surface area (TPSA) is 71.3 Å². The fourth-order valence-corrected chi connectivity index (χ4v) is 2.57. The summed E-state index contributed by atoms with van der Waals surface area (Å²) in [7, 11) is 2.04. The van der Waals surface area contributed by atoms with Gasteiger partial charge in [-0.25, -0.2) is 4.98 Å². The Balaban J connectivity index is 1.94. The third kappa shape index (κ3) is 2.30. The van der Waals surface area contributed by atoms with Gasteiger partial charge in [0.1, 0.15) is 5.82 Å². The number of hydrogen-bond acceptors (Lipinski definition) is 5. The van der Waals surface area contributed by atoms with Gasteiger partial charge in [-0.15, -0.1) is 0 Å². The van der Waals surface area contributed by atoms with Crippen LogP contribution in [0.15, 0.2) is 30.3 Å². The van der Waals surface area contributed by atoms with Gasteiger partial charge in [-0.2, -0.15) is 0 Å². The summed E-state index contributed by atoms with van der Waals surface area (Å²) in [5.41, 5.74) is 0.881. The van der Waals surface area contributed by atoms with Crippen molar-refractivity contribution in [2.45, 2.75) is 12.5 Å². The van der Waals surface area contributed by atoms with E-state index in [-0.39, 0.29) is 10.6 Å². The Morgan fingerprint density at radius 1 is 1.40 bits per heavy atom. The van der Waals surface area contributed by atoms with Gasteiger partial charge >= 0.3 is 0 Å². The summed E-state index contributed by atoms with van der Waals surface area (Å²) in [4.78, 5) is 17.1. The predicted octanol–water partition coefficient (Wildman–Crippen LogP) is 1.94. The number of pyridine rings is 1. The minimum absolute atomic E-state index is 0.0976. The zero-order valence-corrected chi connectivity index (χ0v) is 11.2. The van der Waals surface area contributed by atoms with Crippen molar-refractivity contribution in [2.24, 2.45) is 0 Å². The van der Waals surface area contributed by atoms with E-state index in [1.165, 1.54) is 6.07 Å². The molecule has 0 spiro atoms. The van der Waals surface area contributed by atoms with E-state index < -0.39 is 0 Å². The molecule has 1 aromatic carbocycles. The quantitative estimate of drug-likeness (QED) is 0.683. The van der Waals surface area contributed by atoms with Crippen molar-refractivity contribution >= 4 is 22.4 Å². The van der Waals surface area contributed by atoms with Crippen LogP contribution >= 0.6 is 0 Å². The molecule has 20 heavy (non-hydrogen) atoms. The first-order valence-electron chi connectivity index (χ1n) is 6.64. The van der Waals surface area contributed by atoms with Crippen LogP contribution in [0.3, 0.4) is 0 Å². The number of rotatable bonds is 3. The minimum Gasteiger partial charge on any atom is -0.355 e. The summed E-state index contributed by atoms with van der Waals surface area (Å²) in [5.74, 6) is 0.903. The number of nitrogens with zero attached hydrogens (tertiary/aromatic N) is 3. The Morgan fingerprint density at radius 3 is 2.95 bits per heavy atom. The molecule has 6 heteroatoms. The van der Waals surface area contributed by atoms with E-state index in [0.29, 0.717) is 6.04 Å². The van der Waals surface area contributed by atoms with E-state index in [1.54, 1.807) is 12.1 Å². The lowest BCUT2D eigenvalue weighted by molar-refractivity contribution is -0.384. The molecule has 104 valence electrons. The average molecular weight is 272 g/mol. The van der Waals surface area contributed by atoms with Gasteiger partial charge in [0.05, 0.1) is 10.4 Å². The fourth-order valence-electron chi connectivity index (χ4n) is 2.57. The number of benzene rings is 1. The maximum absolute atomic E-state index is 10.8. The lowest BCUT2D eigenvalue weighted by atomic mass is 10.2. The van der Waals surface area contributed by atoms with Crippen LogP contribution in [0.4, 0.5) is 11.5 Å². The number of aromatic nitrogens is 1. The number of nitro benzene ring substituents is 1. The molecule has 1 aliphatic rings. The largest absolute Gasteiger partial charge is 0.355 e. The Labute approximate surface area is 116 Å². The number of non-ortho nitro benzene ring substituents is 1. The molecule has 2 aromatic rings. The summed E-state index contributed by atoms with van der Waals surface area (Å²) in [6, 6.07) is 9.03. The summed E-state index contributed by atoms with van der Waals surface area (Å²) in [6.07, 6.45) is 1.11. The molecule has 1 unspecified atom stereocenters. The van der Waals surface area contributed by atoms with Crippen molar-refractivity contribution in [3.8, 4) is 0 Å².